The van der Waals surface area contributed by atoms with E-state index in [2.05, 4.69) is 39.9 Å². The molecule has 0 saturated carbocycles. The molecule has 0 saturated heterocycles. The summed E-state index contributed by atoms with van der Waals surface area (Å²) in [7, 11) is 0. The van der Waals surface area contributed by atoms with Gasteiger partial charge >= 0.3 is 6.03 Å². The molecule has 5 rings (SSSR count). The number of hydrogen-bond donors (Lipinski definition) is 2. The number of rotatable bonds is 5. The fourth-order valence-corrected chi connectivity index (χ4v) is 4.26. The van der Waals surface area contributed by atoms with Gasteiger partial charge in [0, 0.05) is 16.4 Å². The Labute approximate surface area is 213 Å². The molecule has 178 valence electrons. The number of urea groups is 1. The highest BCUT2D eigenvalue weighted by Crippen LogP contribution is 2.21. The van der Waals surface area contributed by atoms with Crippen molar-refractivity contribution in [2.24, 2.45) is 0 Å². The molecule has 2 N–H and O–H groups in total. The molecule has 0 aliphatic heterocycles. The van der Waals surface area contributed by atoms with Gasteiger partial charge in [0.2, 0.25) is 0 Å². The highest BCUT2D eigenvalue weighted by molar-refractivity contribution is 6.30. The molecule has 0 radical (unpaired) electrons. The number of nitrogens with one attached hydrogen (secondary N) is 2. The normalized spacial score (nSPS) is 10.8. The van der Waals surface area contributed by atoms with Crippen LogP contribution in [-0.4, -0.2) is 15.6 Å². The van der Waals surface area contributed by atoms with E-state index in [-0.39, 0.29) is 5.56 Å². The van der Waals surface area contributed by atoms with Gasteiger partial charge in [-0.1, -0.05) is 72.3 Å². The summed E-state index contributed by atoms with van der Waals surface area (Å²) < 4.78 is 1.65. The lowest BCUT2D eigenvalue weighted by Gasteiger charge is -2.13. The smallest absolute Gasteiger partial charge is 0.308 e. The monoisotopic (exact) mass is 494 g/mol. The maximum Gasteiger partial charge on any atom is 0.323 e. The summed E-state index contributed by atoms with van der Waals surface area (Å²) in [4.78, 5) is 30.4. The van der Waals surface area contributed by atoms with Crippen LogP contribution in [0.2, 0.25) is 5.02 Å². The van der Waals surface area contributed by atoms with E-state index in [1.165, 1.54) is 0 Å². The van der Waals surface area contributed by atoms with Crippen LogP contribution in [0.15, 0.2) is 102 Å². The van der Waals surface area contributed by atoms with Gasteiger partial charge in [-0.3, -0.25) is 9.36 Å². The van der Waals surface area contributed by atoms with Crippen molar-refractivity contribution in [2.75, 3.05) is 10.6 Å². The van der Waals surface area contributed by atoms with Crippen LogP contribution >= 0.6 is 11.6 Å². The number of halogens is 1. The Hall–Kier alpha value is -4.42. The molecule has 0 atom stereocenters. The minimum Gasteiger partial charge on any atom is -0.308 e. The number of nitrogens with zero attached hydrogens (tertiary/aromatic N) is 2. The number of benzene rings is 4. The van der Waals surface area contributed by atoms with Crippen molar-refractivity contribution in [1.29, 1.82) is 0 Å². The first-order valence-corrected chi connectivity index (χ1v) is 11.8. The van der Waals surface area contributed by atoms with Gasteiger partial charge in [0.05, 0.1) is 17.4 Å². The lowest BCUT2D eigenvalue weighted by Crippen LogP contribution is -2.25. The third kappa shape index (κ3) is 5.14. The summed E-state index contributed by atoms with van der Waals surface area (Å²) in [5.41, 5.74) is 4.73. The van der Waals surface area contributed by atoms with Crippen LogP contribution in [-0.2, 0) is 6.54 Å². The molecule has 4 aromatic carbocycles. The number of fused-ring (bicyclic) bond motifs is 1. The number of anilines is 2. The van der Waals surface area contributed by atoms with E-state index in [0.717, 1.165) is 16.7 Å². The van der Waals surface area contributed by atoms with E-state index >= 15 is 0 Å². The lowest BCUT2D eigenvalue weighted by molar-refractivity contribution is 0.262. The Bertz CT molecular complexity index is 1610. The molecule has 2 amide bonds. The van der Waals surface area contributed by atoms with Crippen LogP contribution in [0.1, 0.15) is 11.4 Å². The van der Waals surface area contributed by atoms with Gasteiger partial charge in [-0.05, 0) is 60.0 Å². The molecule has 0 unspecified atom stereocenters. The van der Waals surface area contributed by atoms with Gasteiger partial charge in [-0.2, -0.15) is 0 Å². The molecular weight excluding hydrogens is 472 g/mol. The zero-order valence-corrected chi connectivity index (χ0v) is 20.3. The summed E-state index contributed by atoms with van der Waals surface area (Å²) in [5.74, 6) is 0.624. The van der Waals surface area contributed by atoms with E-state index < -0.39 is 6.03 Å². The maximum atomic E-state index is 13.4. The summed E-state index contributed by atoms with van der Waals surface area (Å²) in [6.45, 7) is 2.22. The highest BCUT2D eigenvalue weighted by Gasteiger charge is 2.11. The Kier molecular flexibility index (Phi) is 6.52. The molecule has 0 aliphatic rings. The van der Waals surface area contributed by atoms with Crippen molar-refractivity contribution < 1.29 is 4.79 Å². The molecule has 0 fully saturated rings. The van der Waals surface area contributed by atoms with Gasteiger partial charge in [0.25, 0.3) is 5.56 Å². The summed E-state index contributed by atoms with van der Waals surface area (Å²) in [5, 5.41) is 6.45. The quantitative estimate of drug-likeness (QED) is 0.285. The zero-order valence-electron chi connectivity index (χ0n) is 19.5. The molecule has 6 nitrogen and oxygen atoms in total. The van der Waals surface area contributed by atoms with Crippen LogP contribution in [0.25, 0.3) is 22.0 Å². The fraction of sp³-hybridized carbons (Fsp3) is 0.0690. The van der Waals surface area contributed by atoms with E-state index in [4.69, 9.17) is 11.6 Å². The van der Waals surface area contributed by atoms with Crippen molar-refractivity contribution in [1.82, 2.24) is 9.55 Å². The summed E-state index contributed by atoms with van der Waals surface area (Å²) >= 11 is 5.98. The summed E-state index contributed by atoms with van der Waals surface area (Å²) in [6.07, 6.45) is 0. The largest absolute Gasteiger partial charge is 0.323 e. The standard InChI is InChI=1S/C29H23ClN4O2/c1-19-31-27-15-14-25(33-29(36)32-24-9-5-8-23(30)16-24)17-26(27)28(35)34(19)18-20-10-12-22(13-11-20)21-6-3-2-4-7-21/h2-17H,18H2,1H3,(H2,32,33,36). The van der Waals surface area contributed by atoms with Crippen LogP contribution in [0.4, 0.5) is 16.2 Å². The Morgan fingerprint density at radius 2 is 1.53 bits per heavy atom. The molecular formula is C29H23ClN4O2. The van der Waals surface area contributed by atoms with Gasteiger partial charge < -0.3 is 10.6 Å². The first-order valence-electron chi connectivity index (χ1n) is 11.5. The van der Waals surface area contributed by atoms with Crippen LogP contribution in [0.5, 0.6) is 0 Å². The predicted molar refractivity (Wildman–Crippen MR) is 146 cm³/mol. The molecule has 5 aromatic rings. The zero-order chi connectivity index (χ0) is 25.1. The SMILES string of the molecule is Cc1nc2ccc(NC(=O)Nc3cccc(Cl)c3)cc2c(=O)n1Cc1ccc(-c2ccccc2)cc1. The first kappa shape index (κ1) is 23.3. The molecule has 1 heterocycles. The number of aromatic nitrogens is 2. The Morgan fingerprint density at radius 1 is 0.833 bits per heavy atom. The van der Waals surface area contributed by atoms with Gasteiger partial charge in [-0.15, -0.1) is 0 Å². The molecule has 0 spiro atoms. The highest BCUT2D eigenvalue weighted by atomic mass is 35.5. The van der Waals surface area contributed by atoms with Crippen LogP contribution < -0.4 is 16.2 Å². The molecule has 36 heavy (non-hydrogen) atoms. The van der Waals surface area contributed by atoms with E-state index in [9.17, 15) is 9.59 Å². The average molecular weight is 495 g/mol. The second-order valence-electron chi connectivity index (χ2n) is 8.43. The van der Waals surface area contributed by atoms with Crippen molar-refractivity contribution >= 4 is 39.9 Å². The third-order valence-corrected chi connectivity index (χ3v) is 6.12. The minimum atomic E-state index is -0.435. The van der Waals surface area contributed by atoms with Crippen molar-refractivity contribution in [3.63, 3.8) is 0 Å². The number of carbonyl (C=O) groups excluding carboxylic acids is 1. The molecule has 0 bridgehead atoms. The van der Waals surface area contributed by atoms with E-state index in [1.54, 1.807) is 47.0 Å². The minimum absolute atomic E-state index is 0.163. The predicted octanol–water partition coefficient (Wildman–Crippen LogP) is 6.72. The number of carbonyl (C=O) groups is 1. The number of aryl methyl sites for hydroxylation is 1. The Balaban J connectivity index is 1.38. The van der Waals surface area contributed by atoms with Crippen molar-refractivity contribution in [2.45, 2.75) is 13.5 Å². The maximum absolute atomic E-state index is 13.4. The lowest BCUT2D eigenvalue weighted by atomic mass is 10.0. The van der Waals surface area contributed by atoms with Crippen molar-refractivity contribution in [3.05, 3.63) is 124 Å². The van der Waals surface area contributed by atoms with E-state index in [1.807, 2.05) is 37.3 Å². The first-order chi connectivity index (χ1) is 17.5. The van der Waals surface area contributed by atoms with Gasteiger partial charge in [-0.25, -0.2) is 9.78 Å². The van der Waals surface area contributed by atoms with Gasteiger partial charge in [0.15, 0.2) is 0 Å². The third-order valence-electron chi connectivity index (χ3n) is 5.89. The van der Waals surface area contributed by atoms with Crippen LogP contribution in [0.3, 0.4) is 0 Å². The van der Waals surface area contributed by atoms with Crippen molar-refractivity contribution in [3.8, 4) is 11.1 Å². The molecule has 0 aliphatic carbocycles. The van der Waals surface area contributed by atoms with E-state index in [0.29, 0.717) is 39.7 Å². The molecule has 7 heteroatoms. The number of amides is 2. The summed E-state index contributed by atoms with van der Waals surface area (Å²) in [6, 6.07) is 29.8. The fourth-order valence-electron chi connectivity index (χ4n) is 4.07. The van der Waals surface area contributed by atoms with Gasteiger partial charge in [0.1, 0.15) is 5.82 Å². The topological polar surface area (TPSA) is 76.0 Å². The average Bonchev–Trinajstić information content (AvgIpc) is 2.88. The second-order valence-corrected chi connectivity index (χ2v) is 8.87. The Morgan fingerprint density at radius 3 is 2.25 bits per heavy atom. The number of hydrogen-bond acceptors (Lipinski definition) is 3. The van der Waals surface area contributed by atoms with Crippen LogP contribution in [0, 0.1) is 6.92 Å². The second kappa shape index (κ2) is 10.1. The molecule has 1 aromatic heterocycles.